The van der Waals surface area contributed by atoms with Crippen LogP contribution in [0, 0.1) is 10.5 Å². The van der Waals surface area contributed by atoms with Crippen molar-refractivity contribution >= 4 is 50.4 Å². The lowest BCUT2D eigenvalue weighted by Crippen LogP contribution is -2.39. The Hall–Kier alpha value is -1.94. The van der Waals surface area contributed by atoms with E-state index in [4.69, 9.17) is 0 Å². The van der Waals surface area contributed by atoms with Gasteiger partial charge >= 0.3 is 0 Å². The number of carbonyl (C=O) groups excluding carboxylic acids is 1. The van der Waals surface area contributed by atoms with Gasteiger partial charge in [-0.1, -0.05) is 29.8 Å². The molecule has 0 aliphatic rings. The van der Waals surface area contributed by atoms with Crippen LogP contribution in [0.3, 0.4) is 0 Å². The number of nitrogens with zero attached hydrogens (tertiary/aromatic N) is 2. The van der Waals surface area contributed by atoms with Crippen molar-refractivity contribution < 1.29 is 13.2 Å². The molecule has 0 atom stereocenters. The Kier molecular flexibility index (Phi) is 6.54. The van der Waals surface area contributed by atoms with Crippen molar-refractivity contribution in [3.8, 4) is 0 Å². The monoisotopic (exact) mass is 471 g/mol. The number of hydrogen-bond donors (Lipinski definition) is 1. The first kappa shape index (κ1) is 19.4. The van der Waals surface area contributed by atoms with Crippen LogP contribution in [0.5, 0.6) is 0 Å². The van der Waals surface area contributed by atoms with Crippen LogP contribution in [0.4, 0.5) is 5.69 Å². The number of anilines is 1. The molecule has 8 heteroatoms. The summed E-state index contributed by atoms with van der Waals surface area (Å²) in [5.41, 5.74) is 4.75. The summed E-state index contributed by atoms with van der Waals surface area (Å²) in [6.45, 7) is 1.64. The minimum absolute atomic E-state index is 0.343. The van der Waals surface area contributed by atoms with E-state index in [0.29, 0.717) is 5.69 Å². The van der Waals surface area contributed by atoms with E-state index in [1.165, 1.54) is 6.21 Å². The van der Waals surface area contributed by atoms with Crippen LogP contribution in [0.1, 0.15) is 11.1 Å². The molecular weight excluding hydrogens is 453 g/mol. The summed E-state index contributed by atoms with van der Waals surface area (Å²) in [6, 6.07) is 14.5. The highest BCUT2D eigenvalue weighted by Gasteiger charge is 2.20. The van der Waals surface area contributed by atoms with Crippen molar-refractivity contribution in [3.05, 3.63) is 63.2 Å². The molecule has 0 bridgehead atoms. The predicted molar refractivity (Wildman–Crippen MR) is 108 cm³/mol. The maximum Gasteiger partial charge on any atom is 0.260 e. The fraction of sp³-hybridized carbons (Fsp3) is 0.176. The zero-order chi connectivity index (χ0) is 18.4. The van der Waals surface area contributed by atoms with E-state index in [1.807, 2.05) is 31.2 Å². The number of aryl methyl sites for hydroxylation is 1. The second kappa shape index (κ2) is 8.43. The minimum Gasteiger partial charge on any atom is -0.271 e. The Morgan fingerprint density at radius 1 is 1.16 bits per heavy atom. The Balaban J connectivity index is 2.04. The first-order valence-electron chi connectivity index (χ1n) is 7.37. The molecule has 0 saturated heterocycles. The van der Waals surface area contributed by atoms with Crippen LogP contribution in [0.25, 0.3) is 0 Å². The highest BCUT2D eigenvalue weighted by molar-refractivity contribution is 14.1. The van der Waals surface area contributed by atoms with E-state index in [-0.39, 0.29) is 6.54 Å². The quantitative estimate of drug-likeness (QED) is 0.400. The molecule has 0 spiro atoms. The van der Waals surface area contributed by atoms with E-state index in [1.54, 1.807) is 24.3 Å². The van der Waals surface area contributed by atoms with Crippen LogP contribution in [-0.2, 0) is 14.8 Å². The second-order valence-corrected chi connectivity index (χ2v) is 8.60. The van der Waals surface area contributed by atoms with Gasteiger partial charge in [-0.05, 0) is 59.3 Å². The number of sulfonamides is 1. The molecule has 0 aliphatic carbocycles. The number of nitrogens with one attached hydrogen (secondary N) is 1. The average Bonchev–Trinajstić information content (AvgIpc) is 2.54. The van der Waals surface area contributed by atoms with Gasteiger partial charge in [0.2, 0.25) is 10.0 Å². The lowest BCUT2D eigenvalue weighted by molar-refractivity contribution is -0.119. The van der Waals surface area contributed by atoms with E-state index in [9.17, 15) is 13.2 Å². The van der Waals surface area contributed by atoms with Crippen LogP contribution in [0.2, 0.25) is 0 Å². The molecule has 132 valence electrons. The number of hydrogen-bond acceptors (Lipinski definition) is 4. The highest BCUT2D eigenvalue weighted by atomic mass is 127. The summed E-state index contributed by atoms with van der Waals surface area (Å²) >= 11 is 2.13. The zero-order valence-corrected chi connectivity index (χ0v) is 16.8. The van der Waals surface area contributed by atoms with Crippen molar-refractivity contribution in [1.29, 1.82) is 0 Å². The van der Waals surface area contributed by atoms with Crippen molar-refractivity contribution in [3.63, 3.8) is 0 Å². The smallest absolute Gasteiger partial charge is 0.260 e. The summed E-state index contributed by atoms with van der Waals surface area (Å²) < 4.78 is 26.0. The number of amides is 1. The van der Waals surface area contributed by atoms with Gasteiger partial charge in [-0.3, -0.25) is 9.10 Å². The maximum absolute atomic E-state index is 12.1. The summed E-state index contributed by atoms with van der Waals surface area (Å²) in [7, 11) is -3.59. The topological polar surface area (TPSA) is 78.8 Å². The third kappa shape index (κ3) is 6.13. The van der Waals surface area contributed by atoms with Crippen LogP contribution < -0.4 is 9.73 Å². The summed E-state index contributed by atoms with van der Waals surface area (Å²) in [5, 5.41) is 3.87. The van der Waals surface area contributed by atoms with Crippen LogP contribution >= 0.6 is 22.6 Å². The fourth-order valence-corrected chi connectivity index (χ4v) is 3.22. The molecule has 1 amide bonds. The minimum atomic E-state index is -3.59. The van der Waals surface area contributed by atoms with Gasteiger partial charge in [0.25, 0.3) is 5.91 Å². The lowest BCUT2D eigenvalue weighted by Gasteiger charge is -2.21. The number of benzene rings is 2. The van der Waals surface area contributed by atoms with Gasteiger partial charge in [-0.15, -0.1) is 0 Å². The molecule has 0 fully saturated rings. The number of carbonyl (C=O) groups is 1. The zero-order valence-electron chi connectivity index (χ0n) is 13.8. The number of hydrazone groups is 1. The van der Waals surface area contributed by atoms with Gasteiger partial charge in [0.05, 0.1) is 18.2 Å². The first-order valence-corrected chi connectivity index (χ1v) is 10.3. The Labute approximate surface area is 161 Å². The largest absolute Gasteiger partial charge is 0.271 e. The van der Waals surface area contributed by atoms with Gasteiger partial charge < -0.3 is 0 Å². The summed E-state index contributed by atoms with van der Waals surface area (Å²) in [4.78, 5) is 12.1. The SMILES string of the molecule is Cc1ccc(/C=N\NC(=O)CN(c2ccc(I)cc2)S(C)(=O)=O)cc1. The van der Waals surface area contributed by atoms with Gasteiger partial charge in [0.15, 0.2) is 0 Å². The lowest BCUT2D eigenvalue weighted by atomic mass is 10.2. The molecule has 0 heterocycles. The molecule has 0 unspecified atom stereocenters. The van der Waals surface area contributed by atoms with Crippen molar-refractivity contribution in [2.75, 3.05) is 17.1 Å². The normalized spacial score (nSPS) is 11.5. The Morgan fingerprint density at radius 2 is 1.76 bits per heavy atom. The van der Waals surface area contributed by atoms with Gasteiger partial charge in [-0.25, -0.2) is 13.8 Å². The van der Waals surface area contributed by atoms with E-state index >= 15 is 0 Å². The molecule has 2 aromatic carbocycles. The van der Waals surface area contributed by atoms with E-state index in [2.05, 4.69) is 33.1 Å². The maximum atomic E-state index is 12.1. The van der Waals surface area contributed by atoms with E-state index < -0.39 is 15.9 Å². The first-order chi connectivity index (χ1) is 11.8. The van der Waals surface area contributed by atoms with Gasteiger partial charge in [0, 0.05) is 3.57 Å². The molecular formula is C17H18IN3O3S. The third-order valence-electron chi connectivity index (χ3n) is 3.28. The van der Waals surface area contributed by atoms with Crippen LogP contribution in [-0.4, -0.2) is 33.3 Å². The molecule has 2 aromatic rings. The van der Waals surface area contributed by atoms with Crippen LogP contribution in [0.15, 0.2) is 53.6 Å². The Bertz CT molecular complexity index is 863. The molecule has 25 heavy (non-hydrogen) atoms. The van der Waals surface area contributed by atoms with Crippen molar-refractivity contribution in [2.45, 2.75) is 6.92 Å². The second-order valence-electron chi connectivity index (χ2n) is 5.45. The standard InChI is InChI=1S/C17H18IN3O3S/c1-13-3-5-14(6-4-13)11-19-20-17(22)12-21(25(2,23)24)16-9-7-15(18)8-10-16/h3-11H,12H2,1-2H3,(H,20,22)/b19-11-. The molecule has 0 saturated carbocycles. The molecule has 0 radical (unpaired) electrons. The predicted octanol–water partition coefficient (Wildman–Crippen LogP) is 2.52. The van der Waals surface area contributed by atoms with Crippen molar-refractivity contribution in [1.82, 2.24) is 5.43 Å². The molecule has 6 nitrogen and oxygen atoms in total. The fourth-order valence-electron chi connectivity index (χ4n) is 2.00. The van der Waals surface area contributed by atoms with Gasteiger partial charge in [0.1, 0.15) is 6.54 Å². The van der Waals surface area contributed by atoms with Gasteiger partial charge in [-0.2, -0.15) is 5.10 Å². The number of rotatable bonds is 6. The summed E-state index contributed by atoms with van der Waals surface area (Å²) in [5.74, 6) is -0.521. The Morgan fingerprint density at radius 3 is 2.32 bits per heavy atom. The molecule has 0 aliphatic heterocycles. The highest BCUT2D eigenvalue weighted by Crippen LogP contribution is 2.18. The summed E-state index contributed by atoms with van der Waals surface area (Å²) in [6.07, 6.45) is 2.57. The van der Waals surface area contributed by atoms with E-state index in [0.717, 1.165) is 25.3 Å². The van der Waals surface area contributed by atoms with Crippen molar-refractivity contribution in [2.24, 2.45) is 5.10 Å². The average molecular weight is 471 g/mol. The molecule has 0 aromatic heterocycles. The molecule has 1 N–H and O–H groups in total. The molecule has 2 rings (SSSR count). The third-order valence-corrected chi connectivity index (χ3v) is 5.14. The number of halogens is 1.